The number of hydrogen-bond acceptors (Lipinski definition) is 2. The third-order valence-electron chi connectivity index (χ3n) is 4.53. The van der Waals surface area contributed by atoms with Gasteiger partial charge in [0.2, 0.25) is 0 Å². The van der Waals surface area contributed by atoms with Crippen molar-refractivity contribution in [1.29, 1.82) is 0 Å². The zero-order valence-corrected chi connectivity index (χ0v) is 12.8. The number of aromatic nitrogens is 1. The molecule has 0 amide bonds. The van der Waals surface area contributed by atoms with E-state index in [2.05, 4.69) is 66.6 Å². The van der Waals surface area contributed by atoms with Crippen LogP contribution in [0.3, 0.4) is 0 Å². The molecule has 0 saturated carbocycles. The first-order valence-corrected chi connectivity index (χ1v) is 7.58. The Morgan fingerprint density at radius 1 is 0.818 bits per heavy atom. The number of nitrogens with one attached hydrogen (secondary N) is 1. The molecule has 0 atom stereocenters. The molecule has 0 saturated heterocycles. The molecule has 2 heteroatoms. The van der Waals surface area contributed by atoms with Gasteiger partial charge in [0, 0.05) is 17.3 Å². The minimum atomic E-state index is 0.0682. The molecule has 1 aromatic heterocycles. The summed E-state index contributed by atoms with van der Waals surface area (Å²) in [6.45, 7) is 4.60. The van der Waals surface area contributed by atoms with Gasteiger partial charge in [-0.15, -0.1) is 0 Å². The van der Waals surface area contributed by atoms with Crippen molar-refractivity contribution in [2.24, 2.45) is 0 Å². The van der Waals surface area contributed by atoms with Crippen LogP contribution >= 0.6 is 0 Å². The minimum absolute atomic E-state index is 0.0682. The van der Waals surface area contributed by atoms with Crippen LogP contribution in [0, 0.1) is 0 Å². The molecule has 2 nitrogen and oxygen atoms in total. The molecule has 0 fully saturated rings. The molecular formula is C20H18N2. The zero-order chi connectivity index (χ0) is 15.2. The van der Waals surface area contributed by atoms with Gasteiger partial charge >= 0.3 is 0 Å². The van der Waals surface area contributed by atoms with Gasteiger partial charge in [-0.05, 0) is 46.5 Å². The van der Waals surface area contributed by atoms with Crippen molar-refractivity contribution in [2.45, 2.75) is 19.3 Å². The van der Waals surface area contributed by atoms with Gasteiger partial charge in [-0.3, -0.25) is 4.98 Å². The second-order valence-electron chi connectivity index (χ2n) is 6.30. The van der Waals surface area contributed by atoms with Crippen LogP contribution < -0.4 is 5.32 Å². The Morgan fingerprint density at radius 3 is 2.45 bits per heavy atom. The number of anilines is 2. The lowest BCUT2D eigenvalue weighted by molar-refractivity contribution is 0.660. The van der Waals surface area contributed by atoms with Gasteiger partial charge < -0.3 is 5.32 Å². The summed E-state index contributed by atoms with van der Waals surface area (Å²) in [5.41, 5.74) is 7.65. The molecule has 0 spiro atoms. The molecule has 108 valence electrons. The van der Waals surface area contributed by atoms with Crippen LogP contribution in [0.4, 0.5) is 11.4 Å². The lowest BCUT2D eigenvalue weighted by atomic mass is 9.82. The molecule has 1 N–H and O–H groups in total. The molecule has 2 aromatic carbocycles. The van der Waals surface area contributed by atoms with Crippen LogP contribution in [0.5, 0.6) is 0 Å². The van der Waals surface area contributed by atoms with Crippen molar-refractivity contribution in [1.82, 2.24) is 4.98 Å². The third-order valence-corrected chi connectivity index (χ3v) is 4.53. The van der Waals surface area contributed by atoms with Crippen LogP contribution in [-0.2, 0) is 5.41 Å². The smallest absolute Gasteiger partial charge is 0.0570 e. The van der Waals surface area contributed by atoms with E-state index in [1.807, 2.05) is 18.3 Å². The van der Waals surface area contributed by atoms with Crippen LogP contribution in [0.25, 0.3) is 11.1 Å². The second kappa shape index (κ2) is 4.70. The highest BCUT2D eigenvalue weighted by molar-refractivity contribution is 5.83. The van der Waals surface area contributed by atoms with E-state index in [0.29, 0.717) is 0 Å². The number of benzene rings is 2. The van der Waals surface area contributed by atoms with E-state index in [4.69, 9.17) is 0 Å². The van der Waals surface area contributed by atoms with Crippen molar-refractivity contribution in [3.63, 3.8) is 0 Å². The highest BCUT2D eigenvalue weighted by Gasteiger charge is 2.34. The van der Waals surface area contributed by atoms with Gasteiger partial charge in [0.25, 0.3) is 0 Å². The average Bonchev–Trinajstić information content (AvgIpc) is 2.77. The summed E-state index contributed by atoms with van der Waals surface area (Å²) < 4.78 is 0. The largest absolute Gasteiger partial charge is 0.354 e. The molecule has 1 heterocycles. The number of fused-ring (bicyclic) bond motifs is 3. The van der Waals surface area contributed by atoms with Crippen LogP contribution in [-0.4, -0.2) is 4.98 Å². The fourth-order valence-electron chi connectivity index (χ4n) is 3.40. The Balaban J connectivity index is 1.80. The van der Waals surface area contributed by atoms with Gasteiger partial charge in [0.1, 0.15) is 0 Å². The maximum atomic E-state index is 4.15. The van der Waals surface area contributed by atoms with E-state index in [0.717, 1.165) is 11.4 Å². The summed E-state index contributed by atoms with van der Waals surface area (Å²) in [6, 6.07) is 19.3. The first kappa shape index (κ1) is 13.1. The molecule has 0 bridgehead atoms. The maximum Gasteiger partial charge on any atom is 0.0570 e. The van der Waals surface area contributed by atoms with Gasteiger partial charge in [0.05, 0.1) is 11.9 Å². The van der Waals surface area contributed by atoms with E-state index < -0.39 is 0 Å². The molecule has 0 aliphatic heterocycles. The van der Waals surface area contributed by atoms with E-state index in [1.54, 1.807) is 6.20 Å². The fourth-order valence-corrected chi connectivity index (χ4v) is 3.40. The van der Waals surface area contributed by atoms with Crippen LogP contribution in [0.1, 0.15) is 25.0 Å². The van der Waals surface area contributed by atoms with Crippen LogP contribution in [0.2, 0.25) is 0 Å². The van der Waals surface area contributed by atoms with Gasteiger partial charge in [-0.25, -0.2) is 0 Å². The Kier molecular flexibility index (Phi) is 2.80. The Bertz CT molecular complexity index is 835. The predicted molar refractivity (Wildman–Crippen MR) is 91.5 cm³/mol. The first-order valence-electron chi connectivity index (χ1n) is 7.58. The quantitative estimate of drug-likeness (QED) is 0.706. The molecule has 4 rings (SSSR count). The molecule has 0 radical (unpaired) electrons. The first-order chi connectivity index (χ1) is 10.7. The van der Waals surface area contributed by atoms with Gasteiger partial charge in [-0.2, -0.15) is 0 Å². The second-order valence-corrected chi connectivity index (χ2v) is 6.30. The average molecular weight is 286 g/mol. The summed E-state index contributed by atoms with van der Waals surface area (Å²) >= 11 is 0. The van der Waals surface area contributed by atoms with Crippen molar-refractivity contribution in [2.75, 3.05) is 5.32 Å². The summed E-state index contributed by atoms with van der Waals surface area (Å²) in [7, 11) is 0. The summed E-state index contributed by atoms with van der Waals surface area (Å²) in [5.74, 6) is 0. The fraction of sp³-hybridized carbons (Fsp3) is 0.150. The predicted octanol–water partition coefficient (Wildman–Crippen LogP) is 5.13. The van der Waals surface area contributed by atoms with E-state index in [1.165, 1.54) is 22.3 Å². The Hall–Kier alpha value is -2.61. The highest BCUT2D eigenvalue weighted by Crippen LogP contribution is 2.49. The van der Waals surface area contributed by atoms with Crippen molar-refractivity contribution in [3.8, 4) is 11.1 Å². The monoisotopic (exact) mass is 286 g/mol. The number of hydrogen-bond donors (Lipinski definition) is 1. The Labute approximate surface area is 130 Å². The number of rotatable bonds is 2. The molecule has 22 heavy (non-hydrogen) atoms. The normalized spacial score (nSPS) is 14.3. The standard InChI is InChI=1S/C20H18N2/c1-20(2)18-8-4-3-7-16(18)17-12-14(9-10-19(17)20)22-15-6-5-11-21-13-15/h3-13,22H,1-2H3. The molecule has 1 aliphatic carbocycles. The molecule has 1 aliphatic rings. The van der Waals surface area contributed by atoms with Crippen molar-refractivity contribution in [3.05, 3.63) is 78.1 Å². The van der Waals surface area contributed by atoms with Crippen molar-refractivity contribution >= 4 is 11.4 Å². The Morgan fingerprint density at radius 2 is 1.64 bits per heavy atom. The van der Waals surface area contributed by atoms with E-state index >= 15 is 0 Å². The maximum absolute atomic E-state index is 4.15. The third kappa shape index (κ3) is 1.92. The van der Waals surface area contributed by atoms with Gasteiger partial charge in [0.15, 0.2) is 0 Å². The zero-order valence-electron chi connectivity index (χ0n) is 12.8. The lowest BCUT2D eigenvalue weighted by Crippen LogP contribution is -2.14. The highest BCUT2D eigenvalue weighted by atomic mass is 14.9. The topological polar surface area (TPSA) is 24.9 Å². The summed E-state index contributed by atoms with van der Waals surface area (Å²) in [4.78, 5) is 4.15. The summed E-state index contributed by atoms with van der Waals surface area (Å²) in [6.07, 6.45) is 3.62. The summed E-state index contributed by atoms with van der Waals surface area (Å²) in [5, 5.41) is 3.43. The minimum Gasteiger partial charge on any atom is -0.354 e. The lowest BCUT2D eigenvalue weighted by Gasteiger charge is -2.21. The number of pyridine rings is 1. The van der Waals surface area contributed by atoms with Gasteiger partial charge in [-0.1, -0.05) is 44.2 Å². The van der Waals surface area contributed by atoms with E-state index in [-0.39, 0.29) is 5.41 Å². The van der Waals surface area contributed by atoms with Crippen molar-refractivity contribution < 1.29 is 0 Å². The SMILES string of the molecule is CC1(C)c2ccccc2-c2cc(Nc3cccnc3)ccc21. The van der Waals surface area contributed by atoms with Crippen LogP contribution in [0.15, 0.2) is 67.0 Å². The molecule has 0 unspecified atom stereocenters. The molecule has 3 aromatic rings. The number of nitrogens with zero attached hydrogens (tertiary/aromatic N) is 1. The van der Waals surface area contributed by atoms with E-state index in [9.17, 15) is 0 Å². The molecular weight excluding hydrogens is 268 g/mol.